The molecule has 4 rings (SSSR count). The van der Waals surface area contributed by atoms with Crippen molar-refractivity contribution >= 4 is 22.9 Å². The Hall–Kier alpha value is -2.61. The molecular formula is C20H26N4O4. The molecule has 1 saturated heterocycles. The smallest absolute Gasteiger partial charge is 0.408 e. The van der Waals surface area contributed by atoms with Crippen LogP contribution in [-0.4, -0.2) is 64.4 Å². The number of aromatic nitrogens is 1. The Bertz CT molecular complexity index is 922. The van der Waals surface area contributed by atoms with Crippen molar-refractivity contribution in [3.05, 3.63) is 34.8 Å². The highest BCUT2D eigenvalue weighted by molar-refractivity contribution is 5.82. The molecule has 0 radical (unpaired) electrons. The van der Waals surface area contributed by atoms with Crippen LogP contribution < -0.4 is 11.1 Å². The number of para-hydroxylation sites is 2. The number of carbonyl (C=O) groups excluding carboxylic acids is 2. The van der Waals surface area contributed by atoms with Crippen molar-refractivity contribution in [2.75, 3.05) is 26.2 Å². The van der Waals surface area contributed by atoms with Crippen molar-refractivity contribution < 1.29 is 14.0 Å². The second-order valence-electron chi connectivity index (χ2n) is 7.61. The number of hydrogen-bond donors (Lipinski definition) is 1. The Labute approximate surface area is 163 Å². The van der Waals surface area contributed by atoms with Gasteiger partial charge in [-0.15, -0.1) is 0 Å². The van der Waals surface area contributed by atoms with Gasteiger partial charge in [-0.2, -0.15) is 0 Å². The zero-order chi connectivity index (χ0) is 19.7. The monoisotopic (exact) mass is 386 g/mol. The Balaban J connectivity index is 1.28. The highest BCUT2D eigenvalue weighted by Crippen LogP contribution is 2.19. The lowest BCUT2D eigenvalue weighted by atomic mass is 10.2. The molecule has 1 aromatic heterocycles. The van der Waals surface area contributed by atoms with Crippen molar-refractivity contribution in [1.82, 2.24) is 19.7 Å². The first kappa shape index (κ1) is 18.7. The van der Waals surface area contributed by atoms with E-state index < -0.39 is 5.76 Å². The fourth-order valence-corrected chi connectivity index (χ4v) is 3.67. The Morgan fingerprint density at radius 2 is 1.89 bits per heavy atom. The van der Waals surface area contributed by atoms with E-state index in [4.69, 9.17) is 4.42 Å². The molecule has 28 heavy (non-hydrogen) atoms. The SMILES string of the molecule is CC(C(=O)NC1CC1)N1CCN(C(=O)CCn2c(=O)oc3ccccc32)CC1. The second-order valence-corrected chi connectivity index (χ2v) is 7.61. The van der Waals surface area contributed by atoms with Gasteiger partial charge in [-0.25, -0.2) is 4.79 Å². The van der Waals surface area contributed by atoms with E-state index in [1.54, 1.807) is 6.07 Å². The summed E-state index contributed by atoms with van der Waals surface area (Å²) in [6.07, 6.45) is 2.41. The number of hydrogen-bond acceptors (Lipinski definition) is 5. The number of amides is 2. The lowest BCUT2D eigenvalue weighted by molar-refractivity contribution is -0.134. The lowest BCUT2D eigenvalue weighted by Gasteiger charge is -2.37. The number of oxazole rings is 1. The van der Waals surface area contributed by atoms with Crippen LogP contribution in [0.25, 0.3) is 11.1 Å². The van der Waals surface area contributed by atoms with Gasteiger partial charge < -0.3 is 14.6 Å². The Morgan fingerprint density at radius 1 is 1.18 bits per heavy atom. The van der Waals surface area contributed by atoms with Crippen LogP contribution in [0.4, 0.5) is 0 Å². The van der Waals surface area contributed by atoms with E-state index in [9.17, 15) is 14.4 Å². The first-order valence-electron chi connectivity index (χ1n) is 9.93. The van der Waals surface area contributed by atoms with Gasteiger partial charge in [0.2, 0.25) is 11.8 Å². The highest BCUT2D eigenvalue weighted by atomic mass is 16.4. The van der Waals surface area contributed by atoms with E-state index in [2.05, 4.69) is 10.2 Å². The summed E-state index contributed by atoms with van der Waals surface area (Å²) in [5.41, 5.74) is 1.24. The van der Waals surface area contributed by atoms with Crippen molar-refractivity contribution in [3.63, 3.8) is 0 Å². The van der Waals surface area contributed by atoms with Gasteiger partial charge in [-0.05, 0) is 31.9 Å². The molecule has 2 heterocycles. The van der Waals surface area contributed by atoms with E-state index in [1.807, 2.05) is 30.0 Å². The number of carbonyl (C=O) groups is 2. The minimum atomic E-state index is -0.436. The molecule has 150 valence electrons. The number of aryl methyl sites for hydroxylation is 1. The number of piperazine rings is 1. The van der Waals surface area contributed by atoms with E-state index in [0.29, 0.717) is 49.9 Å². The average Bonchev–Trinajstić information content (AvgIpc) is 3.46. The quantitative estimate of drug-likeness (QED) is 0.793. The van der Waals surface area contributed by atoms with Crippen molar-refractivity contribution in [2.45, 2.75) is 44.8 Å². The van der Waals surface area contributed by atoms with Crippen LogP contribution in [0.1, 0.15) is 26.2 Å². The molecule has 2 amide bonds. The Morgan fingerprint density at radius 3 is 2.61 bits per heavy atom. The summed E-state index contributed by atoms with van der Waals surface area (Å²) in [5.74, 6) is -0.338. The number of nitrogens with one attached hydrogen (secondary N) is 1. The van der Waals surface area contributed by atoms with E-state index in [0.717, 1.165) is 12.8 Å². The molecule has 1 aromatic carbocycles. The van der Waals surface area contributed by atoms with E-state index in [-0.39, 0.29) is 24.3 Å². The summed E-state index contributed by atoms with van der Waals surface area (Å²) >= 11 is 0. The zero-order valence-corrected chi connectivity index (χ0v) is 16.1. The predicted octanol–water partition coefficient (Wildman–Crippen LogP) is 0.796. The maximum Gasteiger partial charge on any atom is 0.419 e. The van der Waals surface area contributed by atoms with Gasteiger partial charge in [-0.3, -0.25) is 19.1 Å². The minimum absolute atomic E-state index is 0.0203. The molecule has 1 N–H and O–H groups in total. The zero-order valence-electron chi connectivity index (χ0n) is 16.1. The van der Waals surface area contributed by atoms with Crippen LogP contribution in [0.2, 0.25) is 0 Å². The van der Waals surface area contributed by atoms with Gasteiger partial charge in [0.1, 0.15) is 0 Å². The van der Waals surface area contributed by atoms with Crippen molar-refractivity contribution in [3.8, 4) is 0 Å². The number of fused-ring (bicyclic) bond motifs is 1. The maximum atomic E-state index is 12.6. The third-order valence-corrected chi connectivity index (χ3v) is 5.64. The molecular weight excluding hydrogens is 360 g/mol. The van der Waals surface area contributed by atoms with Gasteiger partial charge in [0.05, 0.1) is 11.6 Å². The first-order valence-corrected chi connectivity index (χ1v) is 9.93. The molecule has 8 nitrogen and oxygen atoms in total. The fourth-order valence-electron chi connectivity index (χ4n) is 3.67. The van der Waals surface area contributed by atoms with Crippen LogP contribution in [0.15, 0.2) is 33.5 Å². The number of nitrogens with zero attached hydrogens (tertiary/aromatic N) is 3. The fraction of sp³-hybridized carbons (Fsp3) is 0.550. The standard InChI is InChI=1S/C20H26N4O4/c1-14(19(26)21-15-6-7-15)22-10-12-23(13-11-22)18(25)8-9-24-16-4-2-3-5-17(16)28-20(24)27/h2-5,14-15H,6-13H2,1H3,(H,21,26). The van der Waals surface area contributed by atoms with Crippen LogP contribution >= 0.6 is 0 Å². The van der Waals surface area contributed by atoms with Crippen LogP contribution in [0.3, 0.4) is 0 Å². The molecule has 1 atom stereocenters. The van der Waals surface area contributed by atoms with Gasteiger partial charge in [-0.1, -0.05) is 12.1 Å². The summed E-state index contributed by atoms with van der Waals surface area (Å²) in [5, 5.41) is 3.04. The molecule has 0 bridgehead atoms. The second kappa shape index (κ2) is 7.79. The third-order valence-electron chi connectivity index (χ3n) is 5.64. The lowest BCUT2D eigenvalue weighted by Crippen LogP contribution is -2.55. The van der Waals surface area contributed by atoms with Crippen LogP contribution in [0.5, 0.6) is 0 Å². The largest absolute Gasteiger partial charge is 0.419 e. The number of rotatable bonds is 6. The summed E-state index contributed by atoms with van der Waals surface area (Å²) in [7, 11) is 0. The topological polar surface area (TPSA) is 87.8 Å². The van der Waals surface area contributed by atoms with Crippen LogP contribution in [0, 0.1) is 0 Å². The summed E-state index contributed by atoms with van der Waals surface area (Å²) in [4.78, 5) is 40.7. The summed E-state index contributed by atoms with van der Waals surface area (Å²) < 4.78 is 6.72. The molecule has 2 fully saturated rings. The average molecular weight is 386 g/mol. The van der Waals surface area contributed by atoms with Crippen LogP contribution in [-0.2, 0) is 16.1 Å². The minimum Gasteiger partial charge on any atom is -0.408 e. The van der Waals surface area contributed by atoms with E-state index >= 15 is 0 Å². The molecule has 1 aliphatic carbocycles. The molecule has 2 aliphatic rings. The maximum absolute atomic E-state index is 12.6. The van der Waals surface area contributed by atoms with Gasteiger partial charge in [0.15, 0.2) is 5.58 Å². The molecule has 8 heteroatoms. The van der Waals surface area contributed by atoms with E-state index in [1.165, 1.54) is 4.57 Å². The van der Waals surface area contributed by atoms with Crippen molar-refractivity contribution in [1.29, 1.82) is 0 Å². The predicted molar refractivity (Wildman–Crippen MR) is 104 cm³/mol. The molecule has 1 aliphatic heterocycles. The summed E-state index contributed by atoms with van der Waals surface area (Å²) in [6.45, 7) is 4.78. The molecule has 2 aromatic rings. The number of benzene rings is 1. The highest BCUT2D eigenvalue weighted by Gasteiger charge is 2.30. The van der Waals surface area contributed by atoms with Crippen molar-refractivity contribution in [2.24, 2.45) is 0 Å². The van der Waals surface area contributed by atoms with Gasteiger partial charge >= 0.3 is 5.76 Å². The third kappa shape index (κ3) is 3.96. The molecule has 1 saturated carbocycles. The van der Waals surface area contributed by atoms with Gasteiger partial charge in [0, 0.05) is 45.2 Å². The summed E-state index contributed by atoms with van der Waals surface area (Å²) in [6, 6.07) is 7.41. The Kier molecular flexibility index (Phi) is 5.21. The van der Waals surface area contributed by atoms with Gasteiger partial charge in [0.25, 0.3) is 0 Å². The molecule has 1 unspecified atom stereocenters. The normalized spacial score (nSPS) is 19.0. The molecule has 0 spiro atoms. The first-order chi connectivity index (χ1) is 13.5.